The number of carbonyl (C=O) groups is 2. The van der Waals surface area contributed by atoms with E-state index in [0.29, 0.717) is 17.7 Å². The molecule has 1 unspecified atom stereocenters. The molecule has 1 aliphatic rings. The lowest BCUT2D eigenvalue weighted by Crippen LogP contribution is -2.18. The van der Waals surface area contributed by atoms with Gasteiger partial charge in [-0.2, -0.15) is 0 Å². The van der Waals surface area contributed by atoms with Crippen molar-refractivity contribution in [2.24, 2.45) is 0 Å². The minimum atomic E-state index is -0.109. The van der Waals surface area contributed by atoms with Crippen LogP contribution in [0.15, 0.2) is 42.5 Å². The highest BCUT2D eigenvalue weighted by molar-refractivity contribution is 6.09. The quantitative estimate of drug-likeness (QED) is 0.680. The molecular weight excluding hydrogens is 302 g/mol. The summed E-state index contributed by atoms with van der Waals surface area (Å²) in [6, 6.07) is 13.0. The Labute approximate surface area is 141 Å². The fraction of sp³-hybridized carbons (Fsp3) is 0.300. The number of amides is 1. The van der Waals surface area contributed by atoms with Crippen LogP contribution in [0.25, 0.3) is 0 Å². The largest absolute Gasteiger partial charge is 0.392 e. The first-order valence-corrected chi connectivity index (χ1v) is 8.16. The van der Waals surface area contributed by atoms with Gasteiger partial charge >= 0.3 is 0 Å². The van der Waals surface area contributed by atoms with Crippen molar-refractivity contribution in [1.29, 1.82) is 0 Å². The lowest BCUT2D eigenvalue weighted by molar-refractivity contribution is -0.117. The van der Waals surface area contributed by atoms with Crippen molar-refractivity contribution in [3.63, 3.8) is 0 Å². The van der Waals surface area contributed by atoms with Gasteiger partial charge in [0.15, 0.2) is 5.78 Å². The van der Waals surface area contributed by atoms with Crippen LogP contribution in [-0.4, -0.2) is 35.3 Å². The van der Waals surface area contributed by atoms with Crippen molar-refractivity contribution in [3.05, 3.63) is 70.3 Å². The van der Waals surface area contributed by atoms with E-state index in [-0.39, 0.29) is 18.3 Å². The highest BCUT2D eigenvalue weighted by Crippen LogP contribution is 2.30. The lowest BCUT2D eigenvalue weighted by Gasteiger charge is -2.16. The Hall–Kier alpha value is -2.46. The number of benzene rings is 2. The van der Waals surface area contributed by atoms with Crippen LogP contribution in [0.5, 0.6) is 0 Å². The van der Waals surface area contributed by atoms with Gasteiger partial charge in [0.2, 0.25) is 6.41 Å². The molecule has 124 valence electrons. The number of aliphatic hydroxyl groups excluding tert-OH is 1. The molecule has 0 aliphatic carbocycles. The molecule has 4 heteroatoms. The van der Waals surface area contributed by atoms with Crippen molar-refractivity contribution in [3.8, 4) is 0 Å². The molecule has 1 heterocycles. The maximum atomic E-state index is 12.7. The number of nitrogens with zero attached hydrogens (tertiary/aromatic N) is 1. The zero-order valence-electron chi connectivity index (χ0n) is 13.7. The minimum absolute atomic E-state index is 0.0408. The standard InChI is InChI=1S/C20H21NO3/c1-14-3-2-4-15(9-14)20(24)16-5-6-19(18(10-16)12-22)17-7-8-21(11-17)13-23/h2-6,9-10,13,17,22H,7-8,11-12H2,1H3. The Bertz CT molecular complexity index is 769. The van der Waals surface area contributed by atoms with Gasteiger partial charge in [-0.3, -0.25) is 9.59 Å². The van der Waals surface area contributed by atoms with Crippen LogP contribution in [0.1, 0.15) is 45.0 Å². The molecular formula is C20H21NO3. The van der Waals surface area contributed by atoms with E-state index in [0.717, 1.165) is 36.1 Å². The Morgan fingerprint density at radius 1 is 1.25 bits per heavy atom. The molecule has 3 rings (SSSR count). The number of rotatable bonds is 5. The predicted octanol–water partition coefficient (Wildman–Crippen LogP) is 2.66. The average Bonchev–Trinajstić information content (AvgIpc) is 3.09. The molecule has 0 aromatic heterocycles. The van der Waals surface area contributed by atoms with Crippen molar-refractivity contribution in [2.45, 2.75) is 25.9 Å². The van der Waals surface area contributed by atoms with E-state index in [2.05, 4.69) is 0 Å². The average molecular weight is 323 g/mol. The van der Waals surface area contributed by atoms with Crippen LogP contribution in [-0.2, 0) is 11.4 Å². The summed E-state index contributed by atoms with van der Waals surface area (Å²) in [6.45, 7) is 3.25. The van der Waals surface area contributed by atoms with E-state index in [4.69, 9.17) is 0 Å². The summed E-state index contributed by atoms with van der Waals surface area (Å²) in [7, 11) is 0. The lowest BCUT2D eigenvalue weighted by atomic mass is 9.90. The van der Waals surface area contributed by atoms with Gasteiger partial charge in [-0.25, -0.2) is 0 Å². The summed E-state index contributed by atoms with van der Waals surface area (Å²) in [4.78, 5) is 25.3. The molecule has 1 aliphatic heterocycles. The van der Waals surface area contributed by atoms with Crippen molar-refractivity contribution in [2.75, 3.05) is 13.1 Å². The van der Waals surface area contributed by atoms with Crippen molar-refractivity contribution in [1.82, 2.24) is 4.90 Å². The number of carbonyl (C=O) groups excluding carboxylic acids is 2. The van der Waals surface area contributed by atoms with Crippen LogP contribution in [0, 0.1) is 6.92 Å². The van der Waals surface area contributed by atoms with E-state index in [1.807, 2.05) is 37.3 Å². The molecule has 1 amide bonds. The second-order valence-corrected chi connectivity index (χ2v) is 6.36. The van der Waals surface area contributed by atoms with Crippen LogP contribution < -0.4 is 0 Å². The highest BCUT2D eigenvalue weighted by atomic mass is 16.3. The van der Waals surface area contributed by atoms with Crippen LogP contribution in [0.3, 0.4) is 0 Å². The monoisotopic (exact) mass is 323 g/mol. The molecule has 1 fully saturated rings. The number of aryl methyl sites for hydroxylation is 1. The highest BCUT2D eigenvalue weighted by Gasteiger charge is 2.25. The summed E-state index contributed by atoms with van der Waals surface area (Å²) in [5.74, 6) is 0.182. The van der Waals surface area contributed by atoms with E-state index in [1.165, 1.54) is 0 Å². The Kier molecular flexibility index (Phi) is 4.76. The number of ketones is 1. The van der Waals surface area contributed by atoms with Gasteiger partial charge in [-0.1, -0.05) is 35.9 Å². The molecule has 0 bridgehead atoms. The molecule has 2 aromatic rings. The third-order valence-corrected chi connectivity index (χ3v) is 4.66. The fourth-order valence-electron chi connectivity index (χ4n) is 3.37. The van der Waals surface area contributed by atoms with Gasteiger partial charge in [0.05, 0.1) is 6.61 Å². The van der Waals surface area contributed by atoms with Gasteiger partial charge in [0.1, 0.15) is 0 Å². The van der Waals surface area contributed by atoms with E-state index in [1.54, 1.807) is 17.0 Å². The van der Waals surface area contributed by atoms with Crippen LogP contribution >= 0.6 is 0 Å². The number of aliphatic hydroxyl groups is 1. The molecule has 24 heavy (non-hydrogen) atoms. The Morgan fingerprint density at radius 2 is 2.04 bits per heavy atom. The maximum Gasteiger partial charge on any atom is 0.209 e. The third kappa shape index (κ3) is 3.24. The number of likely N-dealkylation sites (tertiary alicyclic amines) is 1. The molecule has 0 radical (unpaired) electrons. The van der Waals surface area contributed by atoms with Crippen molar-refractivity contribution < 1.29 is 14.7 Å². The van der Waals surface area contributed by atoms with Gasteiger partial charge < -0.3 is 10.0 Å². The third-order valence-electron chi connectivity index (χ3n) is 4.66. The molecule has 4 nitrogen and oxygen atoms in total. The van der Waals surface area contributed by atoms with Gasteiger partial charge in [-0.15, -0.1) is 0 Å². The van der Waals surface area contributed by atoms with Crippen LogP contribution in [0.4, 0.5) is 0 Å². The van der Waals surface area contributed by atoms with Gasteiger partial charge in [0.25, 0.3) is 0 Å². The minimum Gasteiger partial charge on any atom is -0.392 e. The summed E-state index contributed by atoms with van der Waals surface area (Å²) >= 11 is 0. The topological polar surface area (TPSA) is 57.6 Å². The van der Waals surface area contributed by atoms with E-state index < -0.39 is 0 Å². The molecule has 1 atom stereocenters. The molecule has 1 N–H and O–H groups in total. The van der Waals surface area contributed by atoms with Crippen molar-refractivity contribution >= 4 is 12.2 Å². The fourth-order valence-corrected chi connectivity index (χ4v) is 3.37. The second kappa shape index (κ2) is 6.97. The molecule has 2 aromatic carbocycles. The predicted molar refractivity (Wildman–Crippen MR) is 92.0 cm³/mol. The zero-order valence-corrected chi connectivity index (χ0v) is 13.7. The van der Waals surface area contributed by atoms with E-state index >= 15 is 0 Å². The normalized spacial score (nSPS) is 17.1. The first-order valence-electron chi connectivity index (χ1n) is 8.16. The van der Waals surface area contributed by atoms with Gasteiger partial charge in [0, 0.05) is 30.1 Å². The SMILES string of the molecule is Cc1cccc(C(=O)c2ccc(C3CCN(C=O)C3)c(CO)c2)c1. The second-order valence-electron chi connectivity index (χ2n) is 6.36. The first kappa shape index (κ1) is 16.4. The van der Waals surface area contributed by atoms with Crippen LogP contribution in [0.2, 0.25) is 0 Å². The summed E-state index contributed by atoms with van der Waals surface area (Å²) in [5, 5.41) is 9.73. The summed E-state index contributed by atoms with van der Waals surface area (Å²) < 4.78 is 0. The molecule has 0 saturated carbocycles. The first-order chi connectivity index (χ1) is 11.6. The molecule has 1 saturated heterocycles. The number of hydrogen-bond acceptors (Lipinski definition) is 3. The zero-order chi connectivity index (χ0) is 17.1. The maximum absolute atomic E-state index is 12.7. The Balaban J connectivity index is 1.89. The summed E-state index contributed by atoms with van der Waals surface area (Å²) in [5.41, 5.74) is 4.08. The Morgan fingerprint density at radius 3 is 2.71 bits per heavy atom. The summed E-state index contributed by atoms with van der Waals surface area (Å²) in [6.07, 6.45) is 1.76. The smallest absolute Gasteiger partial charge is 0.209 e. The molecule has 0 spiro atoms. The van der Waals surface area contributed by atoms with Gasteiger partial charge in [-0.05, 0) is 36.6 Å². The number of hydrogen-bond donors (Lipinski definition) is 1. The van der Waals surface area contributed by atoms with E-state index in [9.17, 15) is 14.7 Å².